The number of carbonyl (C=O) groups excluding carboxylic acids is 1. The van der Waals surface area contributed by atoms with E-state index in [0.717, 1.165) is 11.1 Å². The number of aromatic hydroxyl groups is 1. The molecule has 0 spiro atoms. The molecule has 2 aromatic carbocycles. The number of azo groups is 1. The average molecular weight is 339 g/mol. The fraction of sp³-hybridized carbons (Fsp3) is 0.167. The summed E-state index contributed by atoms with van der Waals surface area (Å²) in [6, 6.07) is 10.3. The zero-order valence-corrected chi connectivity index (χ0v) is 14.0. The van der Waals surface area contributed by atoms with E-state index < -0.39 is 5.91 Å². The number of H-pyrrole nitrogens is 1. The minimum Gasteiger partial charge on any atom is -0.493 e. The Hall–Kier alpha value is -3.35. The maximum atomic E-state index is 12.3. The van der Waals surface area contributed by atoms with Crippen LogP contribution in [-0.2, 0) is 0 Å². The number of rotatable bonds is 4. The molecule has 7 heteroatoms. The molecule has 3 aromatic rings. The van der Waals surface area contributed by atoms with Crippen LogP contribution in [0, 0.1) is 6.92 Å². The van der Waals surface area contributed by atoms with E-state index in [1.165, 1.54) is 20.3 Å². The molecule has 25 heavy (non-hydrogen) atoms. The second-order valence-corrected chi connectivity index (χ2v) is 5.45. The zero-order valence-electron chi connectivity index (χ0n) is 14.0. The molecule has 7 nitrogen and oxygen atoms in total. The van der Waals surface area contributed by atoms with Gasteiger partial charge in [0.15, 0.2) is 17.2 Å². The Bertz CT molecular complexity index is 976. The Morgan fingerprint density at radius 3 is 2.56 bits per heavy atom. The van der Waals surface area contributed by atoms with Crippen LogP contribution in [0.1, 0.15) is 15.9 Å². The number of benzene rings is 2. The summed E-state index contributed by atoms with van der Waals surface area (Å²) in [6.45, 7) is 1.93. The van der Waals surface area contributed by atoms with Crippen LogP contribution in [0.3, 0.4) is 0 Å². The quantitative estimate of drug-likeness (QED) is 0.699. The molecule has 3 rings (SSSR count). The summed E-state index contributed by atoms with van der Waals surface area (Å²) in [6.07, 6.45) is 0. The Kier molecular flexibility index (Phi) is 4.38. The van der Waals surface area contributed by atoms with Crippen molar-refractivity contribution >= 4 is 22.5 Å². The first kappa shape index (κ1) is 16.5. The molecule has 0 aliphatic carbocycles. The number of amides is 1. The summed E-state index contributed by atoms with van der Waals surface area (Å²) in [5, 5.41) is 18.3. The molecule has 0 radical (unpaired) electrons. The van der Waals surface area contributed by atoms with Gasteiger partial charge in [-0.25, -0.2) is 0 Å². The number of nitrogens with zero attached hydrogens (tertiary/aromatic N) is 2. The van der Waals surface area contributed by atoms with E-state index in [0.29, 0.717) is 22.4 Å². The highest BCUT2D eigenvalue weighted by molar-refractivity contribution is 5.97. The fourth-order valence-corrected chi connectivity index (χ4v) is 2.50. The van der Waals surface area contributed by atoms with Crippen molar-refractivity contribution in [3.05, 3.63) is 47.5 Å². The van der Waals surface area contributed by atoms with Gasteiger partial charge in [-0.3, -0.25) is 4.79 Å². The number of aryl methyl sites for hydroxylation is 1. The van der Waals surface area contributed by atoms with Gasteiger partial charge in [0, 0.05) is 10.9 Å². The van der Waals surface area contributed by atoms with E-state index in [1.807, 2.05) is 25.1 Å². The van der Waals surface area contributed by atoms with Crippen molar-refractivity contribution in [2.75, 3.05) is 14.2 Å². The van der Waals surface area contributed by atoms with Crippen molar-refractivity contribution in [1.29, 1.82) is 0 Å². The molecular formula is C18H17N3O4. The summed E-state index contributed by atoms with van der Waals surface area (Å²) in [5.74, 6) is 0.252. The lowest BCUT2D eigenvalue weighted by Crippen LogP contribution is -1.97. The number of methoxy groups -OCH3 is 2. The Balaban J connectivity index is 1.93. The maximum absolute atomic E-state index is 12.3. The van der Waals surface area contributed by atoms with E-state index in [9.17, 15) is 9.90 Å². The van der Waals surface area contributed by atoms with E-state index >= 15 is 0 Å². The van der Waals surface area contributed by atoms with E-state index in [2.05, 4.69) is 15.2 Å². The van der Waals surface area contributed by atoms with Crippen molar-refractivity contribution in [3.8, 4) is 17.4 Å². The Morgan fingerprint density at radius 1 is 1.08 bits per heavy atom. The number of aromatic amines is 1. The first-order chi connectivity index (χ1) is 12.0. The zero-order chi connectivity index (χ0) is 18.0. The van der Waals surface area contributed by atoms with Crippen LogP contribution in [0.2, 0.25) is 0 Å². The highest BCUT2D eigenvalue weighted by Gasteiger charge is 2.13. The van der Waals surface area contributed by atoms with Gasteiger partial charge in [-0.2, -0.15) is 0 Å². The molecule has 0 aliphatic rings. The third-order valence-electron chi connectivity index (χ3n) is 3.78. The van der Waals surface area contributed by atoms with Crippen LogP contribution in [0.25, 0.3) is 10.9 Å². The van der Waals surface area contributed by atoms with Crippen molar-refractivity contribution in [2.24, 2.45) is 10.2 Å². The minimum atomic E-state index is -0.553. The van der Waals surface area contributed by atoms with Crippen LogP contribution in [0.5, 0.6) is 17.4 Å². The molecule has 1 amide bonds. The lowest BCUT2D eigenvalue weighted by molar-refractivity contribution is 0.0994. The van der Waals surface area contributed by atoms with Crippen LogP contribution in [-0.4, -0.2) is 30.2 Å². The first-order valence-electron chi connectivity index (χ1n) is 7.53. The predicted molar refractivity (Wildman–Crippen MR) is 93.1 cm³/mol. The van der Waals surface area contributed by atoms with Crippen molar-refractivity contribution in [1.82, 2.24) is 4.98 Å². The molecule has 0 aliphatic heterocycles. The second kappa shape index (κ2) is 6.64. The molecule has 2 N–H and O–H groups in total. The summed E-state index contributed by atoms with van der Waals surface area (Å²) in [5.41, 5.74) is 2.26. The number of fused-ring (bicyclic) bond motifs is 1. The van der Waals surface area contributed by atoms with Gasteiger partial charge in [-0.15, -0.1) is 10.2 Å². The standard InChI is InChI=1S/C18H17N3O4/c1-10-4-6-13-12(8-10)16(18(23)19-13)20-21-17(22)11-5-7-14(24-2)15(9-11)25-3/h4-9,19,23H,1-3H3. The number of ether oxygens (including phenoxy) is 2. The number of hydrogen-bond donors (Lipinski definition) is 2. The average Bonchev–Trinajstić information content (AvgIpc) is 2.93. The van der Waals surface area contributed by atoms with Gasteiger partial charge >= 0.3 is 0 Å². The summed E-state index contributed by atoms with van der Waals surface area (Å²) in [4.78, 5) is 15.1. The van der Waals surface area contributed by atoms with Gasteiger partial charge in [0.2, 0.25) is 5.88 Å². The lowest BCUT2D eigenvalue weighted by atomic mass is 10.1. The Morgan fingerprint density at radius 2 is 1.84 bits per heavy atom. The molecule has 1 aromatic heterocycles. The summed E-state index contributed by atoms with van der Waals surface area (Å²) in [7, 11) is 3.00. The SMILES string of the molecule is COc1ccc(C(=O)N=Nc2c(O)[nH]c3ccc(C)cc23)cc1OC. The van der Waals surface area contributed by atoms with Crippen LogP contribution < -0.4 is 9.47 Å². The number of carbonyl (C=O) groups is 1. The molecule has 0 unspecified atom stereocenters. The van der Waals surface area contributed by atoms with E-state index in [-0.39, 0.29) is 11.6 Å². The van der Waals surface area contributed by atoms with E-state index in [1.54, 1.807) is 12.1 Å². The van der Waals surface area contributed by atoms with Crippen molar-refractivity contribution in [3.63, 3.8) is 0 Å². The topological polar surface area (TPSA) is 96.3 Å². The van der Waals surface area contributed by atoms with Gasteiger partial charge in [0.05, 0.1) is 19.7 Å². The van der Waals surface area contributed by atoms with Crippen molar-refractivity contribution in [2.45, 2.75) is 6.92 Å². The fourth-order valence-electron chi connectivity index (χ4n) is 2.50. The predicted octanol–water partition coefficient (Wildman–Crippen LogP) is 4.12. The maximum Gasteiger partial charge on any atom is 0.295 e. The highest BCUT2D eigenvalue weighted by atomic mass is 16.5. The molecule has 0 fully saturated rings. The van der Waals surface area contributed by atoms with Gasteiger partial charge in [-0.1, -0.05) is 11.6 Å². The highest BCUT2D eigenvalue weighted by Crippen LogP contribution is 2.36. The minimum absolute atomic E-state index is 0.135. The van der Waals surface area contributed by atoms with Crippen LogP contribution >= 0.6 is 0 Å². The Labute approximate surface area is 143 Å². The van der Waals surface area contributed by atoms with Gasteiger partial charge in [0.1, 0.15) is 0 Å². The number of hydrogen-bond acceptors (Lipinski definition) is 5. The monoisotopic (exact) mass is 339 g/mol. The van der Waals surface area contributed by atoms with Crippen LogP contribution in [0.4, 0.5) is 5.69 Å². The molecular weight excluding hydrogens is 322 g/mol. The molecule has 0 saturated heterocycles. The molecule has 0 atom stereocenters. The first-order valence-corrected chi connectivity index (χ1v) is 7.53. The van der Waals surface area contributed by atoms with Crippen LogP contribution in [0.15, 0.2) is 46.6 Å². The summed E-state index contributed by atoms with van der Waals surface area (Å²) < 4.78 is 10.3. The molecule has 128 valence electrons. The number of aromatic nitrogens is 1. The molecule has 1 heterocycles. The van der Waals surface area contributed by atoms with Gasteiger partial charge in [0.25, 0.3) is 5.91 Å². The summed E-state index contributed by atoms with van der Waals surface area (Å²) >= 11 is 0. The van der Waals surface area contributed by atoms with E-state index in [4.69, 9.17) is 9.47 Å². The second-order valence-electron chi connectivity index (χ2n) is 5.45. The smallest absolute Gasteiger partial charge is 0.295 e. The molecule has 0 bridgehead atoms. The van der Waals surface area contributed by atoms with Crippen molar-refractivity contribution < 1.29 is 19.4 Å². The largest absolute Gasteiger partial charge is 0.493 e. The normalized spacial score (nSPS) is 11.2. The number of nitrogens with one attached hydrogen (secondary N) is 1. The third-order valence-corrected chi connectivity index (χ3v) is 3.78. The van der Waals surface area contributed by atoms with Gasteiger partial charge < -0.3 is 19.6 Å². The third kappa shape index (κ3) is 3.16. The lowest BCUT2D eigenvalue weighted by Gasteiger charge is -2.07. The van der Waals surface area contributed by atoms with Gasteiger partial charge in [-0.05, 0) is 37.3 Å². The molecule has 0 saturated carbocycles.